The van der Waals surface area contributed by atoms with Crippen LogP contribution in [-0.2, 0) is 10.5 Å². The van der Waals surface area contributed by atoms with Crippen molar-refractivity contribution in [3.8, 4) is 28.6 Å². The fourth-order valence-electron chi connectivity index (χ4n) is 2.74. The average molecular weight is 348 g/mol. The summed E-state index contributed by atoms with van der Waals surface area (Å²) in [6.07, 6.45) is 0.817. The van der Waals surface area contributed by atoms with Crippen molar-refractivity contribution in [3.05, 3.63) is 45.5 Å². The topological polar surface area (TPSA) is 130 Å². The molecule has 132 valence electrons. The van der Waals surface area contributed by atoms with Gasteiger partial charge < -0.3 is 34.3 Å². The zero-order chi connectivity index (χ0) is 18.4. The molecule has 8 nitrogen and oxygen atoms in total. The van der Waals surface area contributed by atoms with Crippen molar-refractivity contribution >= 4 is 6.08 Å². The van der Waals surface area contributed by atoms with Crippen molar-refractivity contribution < 1.29 is 34.3 Å². The number of methoxy groups -OCH3 is 2. The van der Waals surface area contributed by atoms with Gasteiger partial charge >= 0.3 is 0 Å². The highest BCUT2D eigenvalue weighted by atomic mass is 16.6. The third kappa shape index (κ3) is 2.61. The van der Waals surface area contributed by atoms with Crippen molar-refractivity contribution in [2.45, 2.75) is 12.2 Å². The van der Waals surface area contributed by atoms with E-state index < -0.39 is 17.0 Å². The molecule has 1 aliphatic carbocycles. The van der Waals surface area contributed by atoms with Crippen LogP contribution in [0.4, 0.5) is 0 Å². The molecule has 8 heteroatoms. The molecule has 1 aromatic heterocycles. The van der Waals surface area contributed by atoms with Crippen molar-refractivity contribution in [3.63, 3.8) is 0 Å². The van der Waals surface area contributed by atoms with E-state index in [1.165, 1.54) is 31.4 Å². The van der Waals surface area contributed by atoms with Gasteiger partial charge in [-0.1, -0.05) is 0 Å². The average Bonchev–Trinajstić information content (AvgIpc) is 2.58. The summed E-state index contributed by atoms with van der Waals surface area (Å²) in [4.78, 5) is 12.6. The summed E-state index contributed by atoms with van der Waals surface area (Å²) in [6.45, 7) is 0. The van der Waals surface area contributed by atoms with Gasteiger partial charge in [-0.15, -0.1) is 0 Å². The normalized spacial score (nSPS) is 19.2. The minimum atomic E-state index is -2.11. The molecule has 25 heavy (non-hydrogen) atoms. The molecule has 0 saturated carbocycles. The first-order chi connectivity index (χ1) is 11.8. The number of hydrogen-bond donors (Lipinski definition) is 4. The molecule has 2 aromatic rings. The maximum Gasteiger partial charge on any atom is 0.236 e. The van der Waals surface area contributed by atoms with Crippen LogP contribution in [0.15, 0.2) is 33.2 Å². The fourth-order valence-corrected chi connectivity index (χ4v) is 2.74. The third-order valence-corrected chi connectivity index (χ3v) is 4.00. The standard InChI is InChI=1S/C17H16O8/c1-23-11-5-8(3-4-10(11)19)16-15(21)14(20)13-12(25-16)6-9(18)7-17(13,22)24-2/h3-6,18-19,21-22H,7H2,1-2H3. The van der Waals surface area contributed by atoms with Gasteiger partial charge in [0, 0.05) is 18.7 Å². The smallest absolute Gasteiger partial charge is 0.236 e. The number of aliphatic hydroxyl groups is 2. The summed E-state index contributed by atoms with van der Waals surface area (Å²) in [5.74, 6) is -3.46. The largest absolute Gasteiger partial charge is 0.512 e. The van der Waals surface area contributed by atoms with Gasteiger partial charge in [0.1, 0.15) is 17.1 Å². The zero-order valence-corrected chi connectivity index (χ0v) is 13.4. The molecule has 0 spiro atoms. The molecule has 3 rings (SSSR count). The van der Waals surface area contributed by atoms with E-state index in [1.54, 1.807) is 0 Å². The van der Waals surface area contributed by atoms with Crippen LogP contribution >= 0.6 is 0 Å². The monoisotopic (exact) mass is 348 g/mol. The Kier molecular flexibility index (Phi) is 3.94. The maximum absolute atomic E-state index is 12.6. The highest BCUT2D eigenvalue weighted by molar-refractivity contribution is 5.70. The Balaban J connectivity index is 2.28. The van der Waals surface area contributed by atoms with Crippen molar-refractivity contribution in [1.82, 2.24) is 0 Å². The summed E-state index contributed by atoms with van der Waals surface area (Å²) in [5, 5.41) is 40.2. The Hall–Kier alpha value is -2.97. The van der Waals surface area contributed by atoms with Gasteiger partial charge in [0.25, 0.3) is 0 Å². The Morgan fingerprint density at radius 1 is 1.20 bits per heavy atom. The van der Waals surface area contributed by atoms with Crippen molar-refractivity contribution in [2.24, 2.45) is 0 Å². The second-order valence-corrected chi connectivity index (χ2v) is 5.54. The maximum atomic E-state index is 12.6. The van der Waals surface area contributed by atoms with E-state index in [0.29, 0.717) is 0 Å². The minimum absolute atomic E-state index is 0.115. The molecule has 0 bridgehead atoms. The predicted octanol–water partition coefficient (Wildman–Crippen LogP) is 1.82. The number of benzene rings is 1. The van der Waals surface area contributed by atoms with Gasteiger partial charge in [0.05, 0.1) is 13.5 Å². The summed E-state index contributed by atoms with van der Waals surface area (Å²) in [5.41, 5.74) is -0.942. The Morgan fingerprint density at radius 2 is 1.92 bits per heavy atom. The number of aromatic hydroxyl groups is 2. The van der Waals surface area contributed by atoms with Gasteiger partial charge in [-0.3, -0.25) is 4.79 Å². The summed E-state index contributed by atoms with van der Waals surface area (Å²) >= 11 is 0. The van der Waals surface area contributed by atoms with Crippen LogP contribution in [0.1, 0.15) is 17.7 Å². The molecule has 1 aromatic carbocycles. The van der Waals surface area contributed by atoms with E-state index in [1.807, 2.05) is 0 Å². The Bertz CT molecular complexity index is 927. The first kappa shape index (κ1) is 16.9. The number of fused-ring (bicyclic) bond motifs is 1. The molecule has 0 saturated heterocycles. The lowest BCUT2D eigenvalue weighted by molar-refractivity contribution is -0.199. The van der Waals surface area contributed by atoms with Crippen LogP contribution in [0.25, 0.3) is 17.4 Å². The SMILES string of the molecule is COc1cc(-c2oc3c(c(=O)c2O)C(O)(OC)CC(O)=C3)ccc1O. The van der Waals surface area contributed by atoms with Crippen LogP contribution < -0.4 is 10.2 Å². The first-order valence-electron chi connectivity index (χ1n) is 7.25. The molecule has 0 radical (unpaired) electrons. The van der Waals surface area contributed by atoms with Crippen LogP contribution in [0, 0.1) is 0 Å². The summed E-state index contributed by atoms with van der Waals surface area (Å²) in [7, 11) is 2.51. The number of hydrogen-bond acceptors (Lipinski definition) is 8. The lowest BCUT2D eigenvalue weighted by atomic mass is 9.93. The van der Waals surface area contributed by atoms with Crippen LogP contribution in [-0.4, -0.2) is 34.6 Å². The van der Waals surface area contributed by atoms with E-state index in [4.69, 9.17) is 13.9 Å². The third-order valence-electron chi connectivity index (χ3n) is 4.00. The fraction of sp³-hybridized carbons (Fsp3) is 0.235. The van der Waals surface area contributed by atoms with Crippen LogP contribution in [0.5, 0.6) is 17.2 Å². The Labute approximate surface area is 141 Å². The molecule has 1 atom stereocenters. The highest BCUT2D eigenvalue weighted by Crippen LogP contribution is 2.40. The van der Waals surface area contributed by atoms with E-state index in [0.717, 1.165) is 7.11 Å². The molecule has 0 amide bonds. The first-order valence-corrected chi connectivity index (χ1v) is 7.25. The quantitative estimate of drug-likeness (QED) is 0.618. The molecule has 0 fully saturated rings. The van der Waals surface area contributed by atoms with Gasteiger partial charge in [-0.25, -0.2) is 0 Å². The number of ether oxygens (including phenoxy) is 2. The van der Waals surface area contributed by atoms with E-state index in [2.05, 4.69) is 0 Å². The highest BCUT2D eigenvalue weighted by Gasteiger charge is 2.41. The molecular formula is C17H16O8. The van der Waals surface area contributed by atoms with Gasteiger partial charge in [-0.05, 0) is 18.2 Å². The number of rotatable bonds is 3. The molecule has 1 unspecified atom stereocenters. The van der Waals surface area contributed by atoms with Crippen molar-refractivity contribution in [1.29, 1.82) is 0 Å². The second-order valence-electron chi connectivity index (χ2n) is 5.54. The van der Waals surface area contributed by atoms with Gasteiger partial charge in [0.15, 0.2) is 17.3 Å². The van der Waals surface area contributed by atoms with E-state index in [-0.39, 0.29) is 46.3 Å². The lowest BCUT2D eigenvalue weighted by Crippen LogP contribution is -2.37. The number of aliphatic hydroxyl groups excluding tert-OH is 1. The van der Waals surface area contributed by atoms with E-state index in [9.17, 15) is 25.2 Å². The number of phenolic OH excluding ortho intramolecular Hbond substituents is 1. The molecular weight excluding hydrogens is 332 g/mol. The van der Waals surface area contributed by atoms with Crippen LogP contribution in [0.2, 0.25) is 0 Å². The molecule has 4 N–H and O–H groups in total. The summed E-state index contributed by atoms with van der Waals surface area (Å²) < 4.78 is 15.5. The van der Waals surface area contributed by atoms with E-state index >= 15 is 0 Å². The number of phenols is 1. The summed E-state index contributed by atoms with van der Waals surface area (Å²) in [6, 6.07) is 4.09. The second kappa shape index (κ2) is 5.83. The van der Waals surface area contributed by atoms with Gasteiger partial charge in [-0.2, -0.15) is 0 Å². The van der Waals surface area contributed by atoms with Crippen molar-refractivity contribution in [2.75, 3.05) is 14.2 Å². The predicted molar refractivity (Wildman–Crippen MR) is 86.4 cm³/mol. The molecule has 1 aliphatic rings. The Morgan fingerprint density at radius 3 is 2.56 bits per heavy atom. The zero-order valence-electron chi connectivity index (χ0n) is 13.4. The lowest BCUT2D eigenvalue weighted by Gasteiger charge is -2.29. The molecule has 0 aliphatic heterocycles. The van der Waals surface area contributed by atoms with Gasteiger partial charge in [0.2, 0.25) is 17.0 Å². The van der Waals surface area contributed by atoms with Crippen LogP contribution in [0.3, 0.4) is 0 Å². The minimum Gasteiger partial charge on any atom is -0.512 e. The molecule has 1 heterocycles.